The summed E-state index contributed by atoms with van der Waals surface area (Å²) in [5, 5.41) is 2.44. The summed E-state index contributed by atoms with van der Waals surface area (Å²) in [7, 11) is 0. The van der Waals surface area contributed by atoms with Crippen molar-refractivity contribution in [2.75, 3.05) is 19.6 Å². The molecule has 0 spiro atoms. The highest BCUT2D eigenvalue weighted by molar-refractivity contribution is 5.90. The van der Waals surface area contributed by atoms with Gasteiger partial charge in [-0.25, -0.2) is 0 Å². The van der Waals surface area contributed by atoms with Crippen LogP contribution in [-0.4, -0.2) is 5.54 Å². The second-order valence-corrected chi connectivity index (χ2v) is 19.9. The lowest BCUT2D eigenvalue weighted by atomic mass is 9.62. The monoisotopic (exact) mass is 932 g/mol. The van der Waals surface area contributed by atoms with E-state index >= 15 is 0 Å². The maximum atomic E-state index is 2.64. The minimum atomic E-state index is -0.0973. The van der Waals surface area contributed by atoms with Gasteiger partial charge in [0, 0.05) is 68.1 Å². The summed E-state index contributed by atoms with van der Waals surface area (Å²) in [4.78, 5) is 9.78. The van der Waals surface area contributed by atoms with E-state index in [9.17, 15) is 0 Å². The van der Waals surface area contributed by atoms with Gasteiger partial charge in [0.2, 0.25) is 0 Å². The van der Waals surface area contributed by atoms with Crippen molar-refractivity contribution >= 4 is 79.4 Å². The molecular formula is C68H60N4. The van der Waals surface area contributed by atoms with E-state index < -0.39 is 0 Å². The molecule has 0 saturated heterocycles. The molecule has 3 aliphatic carbocycles. The Bertz CT molecular complexity index is 3400. The molecule has 9 aromatic carbocycles. The van der Waals surface area contributed by atoms with Crippen molar-refractivity contribution in [2.24, 2.45) is 17.8 Å². The first-order valence-corrected chi connectivity index (χ1v) is 25.8. The molecule has 3 aliphatic rings. The van der Waals surface area contributed by atoms with Crippen molar-refractivity contribution in [3.63, 3.8) is 0 Å². The molecule has 0 aromatic heterocycles. The number of anilines is 11. The molecule has 352 valence electrons. The van der Waals surface area contributed by atoms with E-state index in [1.54, 1.807) is 0 Å². The lowest BCUT2D eigenvalue weighted by molar-refractivity contribution is 0.140. The maximum absolute atomic E-state index is 2.64. The zero-order chi connectivity index (χ0) is 48.4. The van der Waals surface area contributed by atoms with Gasteiger partial charge < -0.3 is 19.6 Å². The minimum absolute atomic E-state index is 0.0973. The van der Waals surface area contributed by atoms with Crippen LogP contribution >= 0.6 is 0 Å². The summed E-state index contributed by atoms with van der Waals surface area (Å²) in [6, 6.07) is 82.2. The van der Waals surface area contributed by atoms with Crippen LogP contribution in [0.5, 0.6) is 0 Å². The van der Waals surface area contributed by atoms with Crippen molar-refractivity contribution in [1.29, 1.82) is 0 Å². The summed E-state index contributed by atoms with van der Waals surface area (Å²) in [5.41, 5.74) is 15.0. The third kappa shape index (κ3) is 8.58. The molecule has 0 aliphatic heterocycles. The predicted octanol–water partition coefficient (Wildman–Crippen LogP) is 18.9. The summed E-state index contributed by atoms with van der Waals surface area (Å²) in [6.45, 7) is 4.97. The maximum Gasteiger partial charge on any atom is 0.0468 e. The predicted molar refractivity (Wildman–Crippen MR) is 306 cm³/mol. The minimum Gasteiger partial charge on any atom is -0.335 e. The van der Waals surface area contributed by atoms with E-state index in [2.05, 4.69) is 294 Å². The van der Waals surface area contributed by atoms with E-state index in [0.717, 1.165) is 70.4 Å². The topological polar surface area (TPSA) is 13.0 Å². The number of para-hydroxylation sites is 3. The van der Waals surface area contributed by atoms with Crippen LogP contribution in [0.1, 0.15) is 44.2 Å². The normalized spacial score (nSPS) is 18.8. The SMILES string of the molecule is CC1C2C=CC=CC2CCC1(C)N(c1ccccc1)c1ccc(N(c2ccc(N(c3ccccc3)c3ccc4c(c3)CCC=C4)cc2)c2ccc(N(c3ccccc3)c3ccc4ccccc4c3)cc2)cc1. The second kappa shape index (κ2) is 19.5. The van der Waals surface area contributed by atoms with Gasteiger partial charge in [0.1, 0.15) is 0 Å². The zero-order valence-electron chi connectivity index (χ0n) is 41.2. The Hall–Kier alpha value is -8.34. The number of rotatable bonds is 12. The molecular weight excluding hydrogens is 873 g/mol. The smallest absolute Gasteiger partial charge is 0.0468 e. The van der Waals surface area contributed by atoms with Gasteiger partial charge in [-0.2, -0.15) is 0 Å². The van der Waals surface area contributed by atoms with Crippen molar-refractivity contribution in [3.05, 3.63) is 266 Å². The number of benzene rings is 9. The van der Waals surface area contributed by atoms with Crippen molar-refractivity contribution < 1.29 is 0 Å². The molecule has 4 unspecified atom stereocenters. The van der Waals surface area contributed by atoms with Gasteiger partial charge in [-0.1, -0.05) is 134 Å². The van der Waals surface area contributed by atoms with Crippen LogP contribution < -0.4 is 19.6 Å². The molecule has 4 nitrogen and oxygen atoms in total. The van der Waals surface area contributed by atoms with Gasteiger partial charge in [-0.05, 0) is 206 Å². The lowest BCUT2D eigenvalue weighted by Gasteiger charge is -2.54. The van der Waals surface area contributed by atoms with Crippen LogP contribution in [0.15, 0.2) is 255 Å². The fourth-order valence-electron chi connectivity index (χ4n) is 11.9. The average molecular weight is 933 g/mol. The molecule has 0 amide bonds. The molecule has 1 saturated carbocycles. The molecule has 4 heteroatoms. The summed E-state index contributed by atoms with van der Waals surface area (Å²) >= 11 is 0. The van der Waals surface area contributed by atoms with Crippen LogP contribution in [0.25, 0.3) is 16.8 Å². The van der Waals surface area contributed by atoms with Crippen LogP contribution in [-0.2, 0) is 6.42 Å². The van der Waals surface area contributed by atoms with Gasteiger partial charge in [-0.3, -0.25) is 0 Å². The molecule has 12 rings (SSSR count). The van der Waals surface area contributed by atoms with Crippen LogP contribution in [0, 0.1) is 17.8 Å². The van der Waals surface area contributed by atoms with Crippen molar-refractivity contribution in [3.8, 4) is 0 Å². The fourth-order valence-corrected chi connectivity index (χ4v) is 11.9. The molecule has 0 radical (unpaired) electrons. The van der Waals surface area contributed by atoms with Crippen LogP contribution in [0.4, 0.5) is 62.6 Å². The van der Waals surface area contributed by atoms with E-state index in [-0.39, 0.29) is 5.54 Å². The quantitative estimate of drug-likeness (QED) is 0.121. The Morgan fingerprint density at radius 1 is 0.417 bits per heavy atom. The first kappa shape index (κ1) is 44.8. The van der Waals surface area contributed by atoms with E-state index in [1.807, 2.05) is 0 Å². The lowest BCUT2D eigenvalue weighted by Crippen LogP contribution is -2.54. The highest BCUT2D eigenvalue weighted by Gasteiger charge is 2.47. The number of aryl methyl sites for hydroxylation is 1. The largest absolute Gasteiger partial charge is 0.335 e. The number of hydrogen-bond acceptors (Lipinski definition) is 4. The standard InChI is InChI=1S/C68H60N4/c1-50-67-29-17-16-20-53(67)46-47-68(50,2)72(63-27-10-5-11-28-63)64-44-42-60(43-45-64)69(58-34-38-61(39-35-58)70(56-23-6-3-7-24-56)65-32-30-51-18-12-14-21-54(51)48-65)59-36-40-62(41-37-59)71(57-25-8-4-9-26-57)66-33-31-52-19-13-15-22-55(52)49-66/h3-14,16-21,23-45,48-50,53,67H,15,22,46-47H2,1-2H3. The summed E-state index contributed by atoms with van der Waals surface area (Å²) in [5.74, 6) is 1.53. The molecule has 0 heterocycles. The average Bonchev–Trinajstić information content (AvgIpc) is 3.44. The van der Waals surface area contributed by atoms with Gasteiger partial charge in [0.15, 0.2) is 0 Å². The van der Waals surface area contributed by atoms with Gasteiger partial charge in [0.25, 0.3) is 0 Å². The van der Waals surface area contributed by atoms with Crippen LogP contribution in [0.3, 0.4) is 0 Å². The van der Waals surface area contributed by atoms with E-state index in [0.29, 0.717) is 17.8 Å². The molecule has 72 heavy (non-hydrogen) atoms. The Balaban J connectivity index is 0.951. The number of hydrogen-bond donors (Lipinski definition) is 0. The first-order valence-electron chi connectivity index (χ1n) is 25.8. The van der Waals surface area contributed by atoms with E-state index in [4.69, 9.17) is 0 Å². The molecule has 4 atom stereocenters. The third-order valence-corrected chi connectivity index (χ3v) is 15.7. The number of fused-ring (bicyclic) bond motifs is 3. The fraction of sp³-hybridized carbons (Fsp3) is 0.147. The molecule has 9 aromatic rings. The van der Waals surface area contributed by atoms with Crippen molar-refractivity contribution in [1.82, 2.24) is 0 Å². The number of nitrogens with zero attached hydrogens (tertiary/aromatic N) is 4. The Morgan fingerprint density at radius 3 is 1.43 bits per heavy atom. The Labute approximate surface area is 425 Å². The Kier molecular flexibility index (Phi) is 12.1. The van der Waals surface area contributed by atoms with Crippen molar-refractivity contribution in [2.45, 2.75) is 45.1 Å². The van der Waals surface area contributed by atoms with Gasteiger partial charge >= 0.3 is 0 Å². The highest BCUT2D eigenvalue weighted by atomic mass is 15.2. The highest BCUT2D eigenvalue weighted by Crippen LogP contribution is 2.51. The van der Waals surface area contributed by atoms with E-state index in [1.165, 1.54) is 39.7 Å². The van der Waals surface area contributed by atoms with Gasteiger partial charge in [-0.15, -0.1) is 0 Å². The third-order valence-electron chi connectivity index (χ3n) is 15.7. The summed E-state index contributed by atoms with van der Waals surface area (Å²) < 4.78 is 0. The Morgan fingerprint density at radius 2 is 0.847 bits per heavy atom. The van der Waals surface area contributed by atoms with Gasteiger partial charge in [0.05, 0.1) is 0 Å². The summed E-state index contributed by atoms with van der Waals surface area (Å²) in [6.07, 6.45) is 18.3. The first-order chi connectivity index (χ1) is 35.5. The van der Waals surface area contributed by atoms with Crippen LogP contribution in [0.2, 0.25) is 0 Å². The number of allylic oxidation sites excluding steroid dienone is 5. The molecule has 1 fully saturated rings. The zero-order valence-corrected chi connectivity index (χ0v) is 41.2. The second-order valence-electron chi connectivity index (χ2n) is 19.9. The molecule has 0 bridgehead atoms. The molecule has 0 N–H and O–H groups in total.